The molecule has 1 aromatic carbocycles. The van der Waals surface area contributed by atoms with Crippen LogP contribution < -0.4 is 0 Å². The van der Waals surface area contributed by atoms with Crippen molar-refractivity contribution in [2.75, 3.05) is 13.1 Å². The standard InChI is InChI=1S/C16H18N4/c17-9-13-1-3-14(4-2-13)12-20-7-5-15(6-8-20)16-10-18-19-11-16/h1-4,10-11,15H,5-8,12H2,(H,18,19). The first-order chi connectivity index (χ1) is 9.85. The SMILES string of the molecule is N#Cc1ccc(CN2CCC(c3cn[nH]c3)CC2)cc1. The number of piperidine rings is 1. The van der Waals surface area contributed by atoms with Crippen molar-refractivity contribution in [3.05, 3.63) is 53.3 Å². The van der Waals surface area contributed by atoms with E-state index in [0.29, 0.717) is 5.92 Å². The summed E-state index contributed by atoms with van der Waals surface area (Å²) < 4.78 is 0. The number of nitrogens with zero attached hydrogens (tertiary/aromatic N) is 3. The lowest BCUT2D eigenvalue weighted by Gasteiger charge is -2.31. The van der Waals surface area contributed by atoms with Crippen LogP contribution in [-0.2, 0) is 6.54 Å². The van der Waals surface area contributed by atoms with Crippen molar-refractivity contribution in [2.24, 2.45) is 0 Å². The van der Waals surface area contributed by atoms with Gasteiger partial charge in [0.05, 0.1) is 17.8 Å². The first-order valence-electron chi connectivity index (χ1n) is 7.05. The highest BCUT2D eigenvalue weighted by molar-refractivity contribution is 5.31. The van der Waals surface area contributed by atoms with Crippen LogP contribution in [0, 0.1) is 11.3 Å². The van der Waals surface area contributed by atoms with Gasteiger partial charge < -0.3 is 0 Å². The molecule has 0 radical (unpaired) electrons. The van der Waals surface area contributed by atoms with E-state index in [4.69, 9.17) is 5.26 Å². The molecule has 0 aliphatic carbocycles. The summed E-state index contributed by atoms with van der Waals surface area (Å²) in [5, 5.41) is 15.7. The van der Waals surface area contributed by atoms with Crippen molar-refractivity contribution in [2.45, 2.75) is 25.3 Å². The minimum atomic E-state index is 0.644. The van der Waals surface area contributed by atoms with Crippen molar-refractivity contribution < 1.29 is 0 Å². The Labute approximate surface area is 119 Å². The summed E-state index contributed by atoms with van der Waals surface area (Å²) in [7, 11) is 0. The third-order valence-electron chi connectivity index (χ3n) is 4.07. The fourth-order valence-electron chi connectivity index (χ4n) is 2.85. The summed E-state index contributed by atoms with van der Waals surface area (Å²) in [6, 6.07) is 10.1. The molecule has 0 saturated carbocycles. The van der Waals surface area contributed by atoms with E-state index in [2.05, 4.69) is 33.3 Å². The highest BCUT2D eigenvalue weighted by Crippen LogP contribution is 2.27. The summed E-state index contributed by atoms with van der Waals surface area (Å²) in [5.41, 5.74) is 3.35. The molecule has 1 N–H and O–H groups in total. The molecule has 1 fully saturated rings. The molecular formula is C16H18N4. The lowest BCUT2D eigenvalue weighted by molar-refractivity contribution is 0.204. The van der Waals surface area contributed by atoms with Gasteiger partial charge >= 0.3 is 0 Å². The number of aromatic nitrogens is 2. The number of H-pyrrole nitrogens is 1. The van der Waals surface area contributed by atoms with Gasteiger partial charge in [-0.2, -0.15) is 10.4 Å². The number of benzene rings is 1. The Kier molecular flexibility index (Phi) is 3.80. The van der Waals surface area contributed by atoms with Gasteiger partial charge in [-0.1, -0.05) is 12.1 Å². The van der Waals surface area contributed by atoms with Crippen LogP contribution in [0.2, 0.25) is 0 Å². The van der Waals surface area contributed by atoms with Gasteiger partial charge in [-0.3, -0.25) is 10.00 Å². The molecule has 4 nitrogen and oxygen atoms in total. The molecule has 1 aliphatic heterocycles. The Balaban J connectivity index is 1.54. The molecule has 20 heavy (non-hydrogen) atoms. The van der Waals surface area contributed by atoms with E-state index >= 15 is 0 Å². The minimum Gasteiger partial charge on any atom is -0.299 e. The van der Waals surface area contributed by atoms with Crippen molar-refractivity contribution in [3.63, 3.8) is 0 Å². The van der Waals surface area contributed by atoms with E-state index in [1.807, 2.05) is 24.5 Å². The van der Waals surface area contributed by atoms with Gasteiger partial charge in [-0.15, -0.1) is 0 Å². The average Bonchev–Trinajstić information content (AvgIpc) is 3.03. The highest BCUT2D eigenvalue weighted by Gasteiger charge is 2.21. The van der Waals surface area contributed by atoms with Crippen LogP contribution in [-0.4, -0.2) is 28.2 Å². The van der Waals surface area contributed by atoms with Crippen molar-refractivity contribution >= 4 is 0 Å². The first-order valence-corrected chi connectivity index (χ1v) is 7.05. The third-order valence-corrected chi connectivity index (χ3v) is 4.07. The summed E-state index contributed by atoms with van der Waals surface area (Å²) in [6.45, 7) is 3.22. The molecule has 102 valence electrons. The van der Waals surface area contributed by atoms with Crippen LogP contribution in [0.1, 0.15) is 35.4 Å². The van der Waals surface area contributed by atoms with Crippen LogP contribution in [0.4, 0.5) is 0 Å². The second-order valence-electron chi connectivity index (χ2n) is 5.39. The van der Waals surface area contributed by atoms with Crippen molar-refractivity contribution in [1.29, 1.82) is 5.26 Å². The third kappa shape index (κ3) is 2.89. The summed E-state index contributed by atoms with van der Waals surface area (Å²) in [6.07, 6.45) is 6.34. The molecule has 1 aliphatic rings. The monoisotopic (exact) mass is 266 g/mol. The smallest absolute Gasteiger partial charge is 0.0991 e. The number of rotatable bonds is 3. The predicted molar refractivity (Wildman–Crippen MR) is 77.0 cm³/mol. The molecule has 0 atom stereocenters. The molecule has 3 rings (SSSR count). The van der Waals surface area contributed by atoms with Crippen LogP contribution in [0.25, 0.3) is 0 Å². The molecule has 2 heterocycles. The largest absolute Gasteiger partial charge is 0.299 e. The molecule has 1 saturated heterocycles. The van der Waals surface area contributed by atoms with E-state index in [1.54, 1.807) is 0 Å². The average molecular weight is 266 g/mol. The van der Waals surface area contributed by atoms with Crippen molar-refractivity contribution in [3.8, 4) is 6.07 Å². The summed E-state index contributed by atoms with van der Waals surface area (Å²) in [4.78, 5) is 2.48. The summed E-state index contributed by atoms with van der Waals surface area (Å²) in [5.74, 6) is 0.644. The molecule has 1 aromatic heterocycles. The van der Waals surface area contributed by atoms with Crippen LogP contribution in [0.5, 0.6) is 0 Å². The zero-order valence-electron chi connectivity index (χ0n) is 11.4. The molecule has 4 heteroatoms. The van der Waals surface area contributed by atoms with Gasteiger partial charge in [0, 0.05) is 12.7 Å². The van der Waals surface area contributed by atoms with Gasteiger partial charge in [0.15, 0.2) is 0 Å². The number of hydrogen-bond acceptors (Lipinski definition) is 3. The summed E-state index contributed by atoms with van der Waals surface area (Å²) >= 11 is 0. The van der Waals surface area contributed by atoms with Gasteiger partial charge in [0.2, 0.25) is 0 Å². The van der Waals surface area contributed by atoms with Gasteiger partial charge in [-0.25, -0.2) is 0 Å². The Morgan fingerprint density at radius 1 is 1.25 bits per heavy atom. The fraction of sp³-hybridized carbons (Fsp3) is 0.375. The van der Waals surface area contributed by atoms with Gasteiger partial charge in [0.1, 0.15) is 0 Å². The second-order valence-corrected chi connectivity index (χ2v) is 5.39. The maximum atomic E-state index is 8.80. The molecule has 0 amide bonds. The number of hydrogen-bond donors (Lipinski definition) is 1. The molecule has 0 spiro atoms. The number of aromatic amines is 1. The van der Waals surface area contributed by atoms with E-state index in [0.717, 1.165) is 25.2 Å². The Morgan fingerprint density at radius 3 is 2.60 bits per heavy atom. The number of nitrogens with one attached hydrogen (secondary N) is 1. The molecule has 0 unspecified atom stereocenters. The van der Waals surface area contributed by atoms with E-state index in [-0.39, 0.29) is 0 Å². The molecular weight excluding hydrogens is 248 g/mol. The number of nitriles is 1. The quantitative estimate of drug-likeness (QED) is 0.929. The van der Waals surface area contributed by atoms with Gasteiger partial charge in [0.25, 0.3) is 0 Å². The lowest BCUT2D eigenvalue weighted by Crippen LogP contribution is -2.32. The lowest BCUT2D eigenvalue weighted by atomic mass is 9.91. The first kappa shape index (κ1) is 12.9. The maximum Gasteiger partial charge on any atom is 0.0991 e. The van der Waals surface area contributed by atoms with Crippen molar-refractivity contribution in [1.82, 2.24) is 15.1 Å². The second kappa shape index (κ2) is 5.89. The Bertz CT molecular complexity index is 572. The molecule has 2 aromatic rings. The minimum absolute atomic E-state index is 0.644. The fourth-order valence-corrected chi connectivity index (χ4v) is 2.85. The Morgan fingerprint density at radius 2 is 2.00 bits per heavy atom. The Hall–Kier alpha value is -2.12. The van der Waals surface area contributed by atoms with E-state index in [9.17, 15) is 0 Å². The zero-order chi connectivity index (χ0) is 13.8. The highest BCUT2D eigenvalue weighted by atomic mass is 15.1. The normalized spacial score (nSPS) is 16.9. The topological polar surface area (TPSA) is 55.7 Å². The van der Waals surface area contributed by atoms with E-state index < -0.39 is 0 Å². The van der Waals surface area contributed by atoms with Gasteiger partial charge in [-0.05, 0) is 55.1 Å². The maximum absolute atomic E-state index is 8.80. The van der Waals surface area contributed by atoms with Crippen LogP contribution >= 0.6 is 0 Å². The zero-order valence-corrected chi connectivity index (χ0v) is 11.4. The predicted octanol–water partition coefficient (Wildman–Crippen LogP) is 2.66. The van der Waals surface area contributed by atoms with Crippen LogP contribution in [0.3, 0.4) is 0 Å². The van der Waals surface area contributed by atoms with E-state index in [1.165, 1.54) is 24.0 Å². The molecule has 0 bridgehead atoms. The number of likely N-dealkylation sites (tertiary alicyclic amines) is 1. The van der Waals surface area contributed by atoms with Crippen LogP contribution in [0.15, 0.2) is 36.7 Å².